The molecule has 34 heavy (non-hydrogen) atoms. The second-order valence-corrected chi connectivity index (χ2v) is 10.3. The zero-order chi connectivity index (χ0) is 24.3. The van der Waals surface area contributed by atoms with Gasteiger partial charge in [0.15, 0.2) is 0 Å². The van der Waals surface area contributed by atoms with Crippen LogP contribution in [0.5, 0.6) is 0 Å². The first-order valence-electron chi connectivity index (χ1n) is 12.1. The van der Waals surface area contributed by atoms with Gasteiger partial charge in [-0.05, 0) is 5.92 Å². The Morgan fingerprint density at radius 1 is 0.735 bits per heavy atom. The molecule has 0 unspecified atom stereocenters. The Kier molecular flexibility index (Phi) is 10.3. The van der Waals surface area contributed by atoms with Gasteiger partial charge in [-0.2, -0.15) is 28.7 Å². The summed E-state index contributed by atoms with van der Waals surface area (Å²) in [6.45, 7) is 9.03. The van der Waals surface area contributed by atoms with Crippen LogP contribution < -0.4 is 0 Å². The van der Waals surface area contributed by atoms with Crippen molar-refractivity contribution in [2.24, 2.45) is 11.8 Å². The van der Waals surface area contributed by atoms with Crippen LogP contribution in [0.4, 0.5) is 0 Å². The first-order valence-corrected chi connectivity index (χ1v) is 13.3. The molecular formula is C33H34Zr. The van der Waals surface area contributed by atoms with E-state index in [0.29, 0.717) is 11.8 Å². The van der Waals surface area contributed by atoms with Gasteiger partial charge in [-0.25, -0.2) is 6.08 Å². The molecule has 0 bridgehead atoms. The van der Waals surface area contributed by atoms with Gasteiger partial charge in [0.25, 0.3) is 0 Å². The van der Waals surface area contributed by atoms with Crippen LogP contribution in [0, 0.1) is 17.9 Å². The standard InChI is InChI=1S/C13H10.C11H17.C9H7.Zr/c1-3-7-12(8-4-1)11-13-9-5-2-6-10-13;1-8(2)10-6-5-7-11(10)9(3)4;1-2-5-9-7-3-6-8(9)4-1;/h1-10H;6,8-9H,7H2,1-4H3;1-7H;/q;2*-1;+2. The SMILES string of the molecule is CC(C)C1=C(C(C)C)C[C-]=C1.[Zr+2]=[C](c1ccccc1)c1ccccc1.c1ccc2[cH-]ccc2c1. The van der Waals surface area contributed by atoms with E-state index in [4.69, 9.17) is 0 Å². The third-order valence-corrected chi connectivity index (χ3v) is 7.33. The Hall–Kier alpha value is -2.50. The number of hydrogen-bond donors (Lipinski definition) is 0. The topological polar surface area (TPSA) is 0 Å². The number of benzene rings is 3. The van der Waals surface area contributed by atoms with E-state index < -0.39 is 0 Å². The van der Waals surface area contributed by atoms with Gasteiger partial charge < -0.3 is 0 Å². The minimum atomic E-state index is 0.669. The van der Waals surface area contributed by atoms with Crippen molar-refractivity contribution in [3.05, 3.63) is 138 Å². The van der Waals surface area contributed by atoms with Crippen molar-refractivity contribution >= 4 is 14.0 Å². The molecule has 0 aliphatic heterocycles. The summed E-state index contributed by atoms with van der Waals surface area (Å²) in [7, 11) is 0. The summed E-state index contributed by atoms with van der Waals surface area (Å²) in [5.41, 5.74) is 5.76. The van der Waals surface area contributed by atoms with E-state index in [2.05, 4.69) is 143 Å². The maximum atomic E-state index is 3.29. The van der Waals surface area contributed by atoms with Crippen LogP contribution in [0.15, 0.2) is 120 Å². The minimum Gasteiger partial charge on any atom is -0.168 e. The predicted molar refractivity (Wildman–Crippen MR) is 145 cm³/mol. The second kappa shape index (κ2) is 13.4. The third-order valence-electron chi connectivity index (χ3n) is 5.91. The average molecular weight is 522 g/mol. The first-order chi connectivity index (χ1) is 16.5. The van der Waals surface area contributed by atoms with Crippen LogP contribution in [-0.2, 0) is 24.2 Å². The molecule has 0 N–H and O–H groups in total. The van der Waals surface area contributed by atoms with Gasteiger partial charge in [-0.3, -0.25) is 6.08 Å². The molecule has 4 aromatic carbocycles. The summed E-state index contributed by atoms with van der Waals surface area (Å²) in [6, 6.07) is 35.8. The zero-order valence-corrected chi connectivity index (χ0v) is 23.2. The molecule has 4 aromatic rings. The van der Waals surface area contributed by atoms with Gasteiger partial charge in [0.2, 0.25) is 0 Å². The van der Waals surface area contributed by atoms with Gasteiger partial charge in [0.1, 0.15) is 0 Å². The van der Waals surface area contributed by atoms with Crippen molar-refractivity contribution in [1.82, 2.24) is 0 Å². The maximum Gasteiger partial charge on any atom is -0.0809 e. The summed E-state index contributed by atoms with van der Waals surface area (Å²) in [5, 5.41) is 2.66. The van der Waals surface area contributed by atoms with E-state index in [-0.39, 0.29) is 0 Å². The van der Waals surface area contributed by atoms with E-state index in [0.717, 1.165) is 6.42 Å². The minimum absolute atomic E-state index is 0.669. The molecule has 1 aliphatic rings. The fourth-order valence-corrected chi connectivity index (χ4v) is 4.81. The molecule has 0 atom stereocenters. The molecule has 5 rings (SSSR count). The largest absolute Gasteiger partial charge is 0.168 e. The molecule has 0 radical (unpaired) electrons. The molecule has 0 heterocycles. The Balaban J connectivity index is 0.000000147. The third kappa shape index (κ3) is 7.51. The average Bonchev–Trinajstić information content (AvgIpc) is 3.56. The van der Waals surface area contributed by atoms with Crippen LogP contribution >= 0.6 is 0 Å². The molecule has 0 nitrogen and oxygen atoms in total. The van der Waals surface area contributed by atoms with Crippen LogP contribution in [-0.4, -0.2) is 3.21 Å². The smallest absolute Gasteiger partial charge is 0.0809 e. The van der Waals surface area contributed by atoms with Crippen LogP contribution in [0.2, 0.25) is 0 Å². The number of allylic oxidation sites excluding steroid dienone is 4. The van der Waals surface area contributed by atoms with Crippen molar-refractivity contribution in [3.8, 4) is 0 Å². The van der Waals surface area contributed by atoms with Crippen molar-refractivity contribution in [1.29, 1.82) is 0 Å². The second-order valence-electron chi connectivity index (χ2n) is 9.08. The van der Waals surface area contributed by atoms with Crippen LogP contribution in [0.1, 0.15) is 45.2 Å². The van der Waals surface area contributed by atoms with Crippen molar-refractivity contribution < 1.29 is 24.2 Å². The molecule has 0 fully saturated rings. The Morgan fingerprint density at radius 2 is 1.29 bits per heavy atom. The van der Waals surface area contributed by atoms with E-state index >= 15 is 0 Å². The summed E-state index contributed by atoms with van der Waals surface area (Å²) in [5.74, 6) is 1.36. The summed E-state index contributed by atoms with van der Waals surface area (Å²) >= 11 is 1.46. The molecule has 1 heteroatoms. The van der Waals surface area contributed by atoms with E-state index in [1.807, 2.05) is 0 Å². The summed E-state index contributed by atoms with van der Waals surface area (Å²) < 4.78 is 1.42. The monoisotopic (exact) mass is 520 g/mol. The Bertz CT molecular complexity index is 1150. The molecular weight excluding hydrogens is 488 g/mol. The zero-order valence-electron chi connectivity index (χ0n) is 20.8. The molecule has 170 valence electrons. The van der Waals surface area contributed by atoms with E-state index in [9.17, 15) is 0 Å². The fourth-order valence-electron chi connectivity index (χ4n) is 3.99. The molecule has 0 spiro atoms. The first kappa shape index (κ1) is 26.1. The summed E-state index contributed by atoms with van der Waals surface area (Å²) in [6.07, 6.45) is 6.51. The van der Waals surface area contributed by atoms with Gasteiger partial charge in [0.05, 0.1) is 0 Å². The maximum absolute atomic E-state index is 3.29. The van der Waals surface area contributed by atoms with Gasteiger partial charge in [0, 0.05) is 0 Å². The van der Waals surface area contributed by atoms with Gasteiger partial charge >= 0.3 is 99.2 Å². The normalized spacial score (nSPS) is 12.5. The molecule has 1 aliphatic carbocycles. The molecule has 0 saturated heterocycles. The Labute approximate surface area is 220 Å². The predicted octanol–water partition coefficient (Wildman–Crippen LogP) is 8.72. The summed E-state index contributed by atoms with van der Waals surface area (Å²) in [4.78, 5) is 0. The van der Waals surface area contributed by atoms with Crippen molar-refractivity contribution in [2.45, 2.75) is 34.1 Å². The van der Waals surface area contributed by atoms with Gasteiger partial charge in [-0.1, -0.05) is 39.7 Å². The fraction of sp³-hybridized carbons (Fsp3) is 0.212. The van der Waals surface area contributed by atoms with Crippen molar-refractivity contribution in [3.63, 3.8) is 0 Å². The van der Waals surface area contributed by atoms with Gasteiger partial charge in [-0.15, -0.1) is 36.1 Å². The van der Waals surface area contributed by atoms with E-state index in [1.54, 1.807) is 5.57 Å². The van der Waals surface area contributed by atoms with Crippen LogP contribution in [0.25, 0.3) is 10.8 Å². The number of rotatable bonds is 4. The molecule has 0 saturated carbocycles. The van der Waals surface area contributed by atoms with Crippen LogP contribution in [0.3, 0.4) is 0 Å². The Morgan fingerprint density at radius 3 is 1.79 bits per heavy atom. The number of hydrogen-bond acceptors (Lipinski definition) is 0. The number of fused-ring (bicyclic) bond motifs is 1. The van der Waals surface area contributed by atoms with Crippen molar-refractivity contribution in [2.75, 3.05) is 0 Å². The molecule has 0 amide bonds. The molecule has 0 aromatic heterocycles. The quantitative estimate of drug-likeness (QED) is 0.236. The van der Waals surface area contributed by atoms with E-state index in [1.165, 1.54) is 54.9 Å².